The zero-order valence-electron chi connectivity index (χ0n) is 17.3. The highest BCUT2D eigenvalue weighted by atomic mass is 32.1. The second kappa shape index (κ2) is 8.44. The van der Waals surface area contributed by atoms with Crippen molar-refractivity contribution in [3.63, 3.8) is 0 Å². The molecule has 1 saturated carbocycles. The topological polar surface area (TPSA) is 67.4 Å². The van der Waals surface area contributed by atoms with Gasteiger partial charge in [-0.05, 0) is 54.5 Å². The number of hydrogen-bond acceptors (Lipinski definition) is 4. The lowest BCUT2D eigenvalue weighted by molar-refractivity contribution is -0.119. The predicted molar refractivity (Wildman–Crippen MR) is 116 cm³/mol. The molecule has 2 aromatic rings. The number of nitrogens with one attached hydrogen (secondary N) is 2. The minimum Gasteiger partial charge on any atom is -0.380 e. The van der Waals surface area contributed by atoms with Crippen LogP contribution in [0.4, 0.5) is 0 Å². The lowest BCUT2D eigenvalue weighted by Gasteiger charge is -2.38. The van der Waals surface area contributed by atoms with Crippen LogP contribution in [0, 0.1) is 11.3 Å². The van der Waals surface area contributed by atoms with E-state index < -0.39 is 0 Å². The molecule has 1 aromatic heterocycles. The van der Waals surface area contributed by atoms with Crippen LogP contribution >= 0.6 is 11.3 Å². The summed E-state index contributed by atoms with van der Waals surface area (Å²) in [4.78, 5) is 25.2. The van der Waals surface area contributed by atoms with Gasteiger partial charge in [0.25, 0.3) is 5.91 Å². The minimum absolute atomic E-state index is 0.0421. The number of fused-ring (bicyclic) bond motifs is 1. The second-order valence-electron chi connectivity index (χ2n) is 8.98. The molecular weight excluding hydrogens is 384 g/mol. The molecule has 1 aromatic carbocycles. The maximum atomic E-state index is 13.1. The Morgan fingerprint density at radius 1 is 1.14 bits per heavy atom. The first-order valence-electron chi connectivity index (χ1n) is 10.6. The third kappa shape index (κ3) is 4.48. The largest absolute Gasteiger partial charge is 0.380 e. The Hall–Kier alpha value is -1.92. The van der Waals surface area contributed by atoms with Gasteiger partial charge in [0.05, 0.1) is 18.1 Å². The molecule has 0 radical (unpaired) electrons. The highest BCUT2D eigenvalue weighted by Gasteiger charge is 2.35. The molecule has 4 rings (SSSR count). The van der Waals surface area contributed by atoms with E-state index in [1.165, 1.54) is 15.6 Å². The average Bonchev–Trinajstić information content (AvgIpc) is 3.09. The molecule has 5 nitrogen and oxygen atoms in total. The highest BCUT2D eigenvalue weighted by molar-refractivity contribution is 7.21. The number of rotatable bonds is 6. The zero-order chi connectivity index (χ0) is 20.4. The molecule has 6 heteroatoms. The number of benzene rings is 1. The van der Waals surface area contributed by atoms with Crippen LogP contribution in [-0.4, -0.2) is 38.1 Å². The smallest absolute Gasteiger partial charge is 0.261 e. The van der Waals surface area contributed by atoms with E-state index in [0.29, 0.717) is 31.6 Å². The van der Waals surface area contributed by atoms with Crippen molar-refractivity contribution in [2.24, 2.45) is 11.3 Å². The first-order valence-corrected chi connectivity index (χ1v) is 11.4. The Morgan fingerprint density at radius 3 is 2.52 bits per heavy atom. The summed E-state index contributed by atoms with van der Waals surface area (Å²) < 4.78 is 6.50. The molecule has 2 amide bonds. The fourth-order valence-corrected chi connectivity index (χ4v) is 5.72. The van der Waals surface area contributed by atoms with E-state index in [-0.39, 0.29) is 17.2 Å². The van der Waals surface area contributed by atoms with Crippen molar-refractivity contribution < 1.29 is 14.3 Å². The van der Waals surface area contributed by atoms with Crippen LogP contribution in [0.3, 0.4) is 0 Å². The zero-order valence-corrected chi connectivity index (χ0v) is 18.1. The quantitative estimate of drug-likeness (QED) is 0.749. The third-order valence-electron chi connectivity index (χ3n) is 6.31. The molecule has 29 heavy (non-hydrogen) atoms. The summed E-state index contributed by atoms with van der Waals surface area (Å²) in [5.41, 5.74) is 1.30. The van der Waals surface area contributed by atoms with Gasteiger partial charge >= 0.3 is 0 Å². The molecule has 0 bridgehead atoms. The SMILES string of the molecule is CC(=O)NCC1CCC(c2c(C(=O)NCC3(C)COC3)sc3ccccc23)CC1. The monoisotopic (exact) mass is 414 g/mol. The van der Waals surface area contributed by atoms with Gasteiger partial charge in [-0.1, -0.05) is 25.1 Å². The van der Waals surface area contributed by atoms with E-state index >= 15 is 0 Å². The highest BCUT2D eigenvalue weighted by Crippen LogP contribution is 2.43. The summed E-state index contributed by atoms with van der Waals surface area (Å²) in [6, 6.07) is 8.38. The molecule has 0 atom stereocenters. The first-order chi connectivity index (χ1) is 14.0. The van der Waals surface area contributed by atoms with Gasteiger partial charge in [0.15, 0.2) is 0 Å². The molecule has 1 saturated heterocycles. The van der Waals surface area contributed by atoms with Crippen LogP contribution in [0.25, 0.3) is 10.1 Å². The van der Waals surface area contributed by atoms with Crippen molar-refractivity contribution in [3.8, 4) is 0 Å². The molecule has 2 N–H and O–H groups in total. The molecule has 2 aliphatic rings. The Kier molecular flexibility index (Phi) is 5.93. The standard InChI is InChI=1S/C23H30N2O3S/c1-15(26)24-11-16-7-9-17(10-8-16)20-18-5-3-4-6-19(18)29-21(20)22(27)25-12-23(2)13-28-14-23/h3-6,16-17H,7-14H2,1-2H3,(H,24,26)(H,25,27). The van der Waals surface area contributed by atoms with Crippen LogP contribution < -0.4 is 10.6 Å². The van der Waals surface area contributed by atoms with Crippen molar-refractivity contribution in [3.05, 3.63) is 34.7 Å². The van der Waals surface area contributed by atoms with Gasteiger partial charge in [-0.25, -0.2) is 0 Å². The Morgan fingerprint density at radius 2 is 1.86 bits per heavy atom. The van der Waals surface area contributed by atoms with Crippen LogP contribution in [0.2, 0.25) is 0 Å². The number of carbonyl (C=O) groups is 2. The second-order valence-corrected chi connectivity index (χ2v) is 10.0. The number of amides is 2. The first kappa shape index (κ1) is 20.4. The number of hydrogen-bond donors (Lipinski definition) is 2. The molecule has 1 aliphatic heterocycles. The third-order valence-corrected chi connectivity index (χ3v) is 7.50. The van der Waals surface area contributed by atoms with Crippen molar-refractivity contribution in [1.29, 1.82) is 0 Å². The van der Waals surface area contributed by atoms with Crippen LogP contribution in [0.5, 0.6) is 0 Å². The minimum atomic E-state index is 0.0421. The van der Waals surface area contributed by atoms with Crippen LogP contribution in [0.15, 0.2) is 24.3 Å². The average molecular weight is 415 g/mol. The van der Waals surface area contributed by atoms with E-state index in [9.17, 15) is 9.59 Å². The van der Waals surface area contributed by atoms with Crippen molar-refractivity contribution in [2.45, 2.75) is 45.4 Å². The lowest BCUT2D eigenvalue weighted by atomic mass is 9.77. The molecule has 156 valence electrons. The van der Waals surface area contributed by atoms with Gasteiger partial charge < -0.3 is 15.4 Å². The molecule has 2 fully saturated rings. The fourth-order valence-electron chi connectivity index (χ4n) is 4.51. The molecule has 0 spiro atoms. The summed E-state index contributed by atoms with van der Waals surface area (Å²) >= 11 is 1.62. The predicted octanol–water partition coefficient (Wildman–Crippen LogP) is 4.08. The van der Waals surface area contributed by atoms with Gasteiger partial charge in [0, 0.05) is 30.1 Å². The van der Waals surface area contributed by atoms with Gasteiger partial charge in [0.1, 0.15) is 0 Å². The van der Waals surface area contributed by atoms with E-state index in [4.69, 9.17) is 4.74 Å². The van der Waals surface area contributed by atoms with Gasteiger partial charge in [-0.3, -0.25) is 9.59 Å². The normalized spacial score (nSPS) is 23.4. The van der Waals surface area contributed by atoms with Gasteiger partial charge in [0.2, 0.25) is 5.91 Å². The fraction of sp³-hybridized carbons (Fsp3) is 0.565. The maximum absolute atomic E-state index is 13.1. The number of ether oxygens (including phenoxy) is 1. The Bertz CT molecular complexity index is 895. The maximum Gasteiger partial charge on any atom is 0.261 e. The summed E-state index contributed by atoms with van der Waals surface area (Å²) in [7, 11) is 0. The van der Waals surface area contributed by atoms with Crippen molar-refractivity contribution in [2.75, 3.05) is 26.3 Å². The van der Waals surface area contributed by atoms with E-state index in [1.807, 2.05) is 6.07 Å². The lowest BCUT2D eigenvalue weighted by Crippen LogP contribution is -2.48. The van der Waals surface area contributed by atoms with E-state index in [0.717, 1.165) is 37.1 Å². The van der Waals surface area contributed by atoms with Gasteiger partial charge in [-0.2, -0.15) is 0 Å². The summed E-state index contributed by atoms with van der Waals surface area (Å²) in [5, 5.41) is 7.35. The Balaban J connectivity index is 1.51. The van der Waals surface area contributed by atoms with Gasteiger partial charge in [-0.15, -0.1) is 11.3 Å². The van der Waals surface area contributed by atoms with Crippen LogP contribution in [-0.2, 0) is 9.53 Å². The van der Waals surface area contributed by atoms with Crippen molar-refractivity contribution in [1.82, 2.24) is 10.6 Å². The summed E-state index contributed by atoms with van der Waals surface area (Å²) in [6.07, 6.45) is 4.31. The van der Waals surface area contributed by atoms with E-state index in [2.05, 4.69) is 35.8 Å². The van der Waals surface area contributed by atoms with E-state index in [1.54, 1.807) is 18.3 Å². The van der Waals surface area contributed by atoms with Crippen LogP contribution in [0.1, 0.15) is 60.7 Å². The number of thiophene rings is 1. The molecule has 0 unspecified atom stereocenters. The Labute approximate surface area is 176 Å². The summed E-state index contributed by atoms with van der Waals surface area (Å²) in [5.74, 6) is 1.04. The molecule has 2 heterocycles. The molecule has 1 aliphatic carbocycles. The molecular formula is C23H30N2O3S. The summed E-state index contributed by atoms with van der Waals surface area (Å²) in [6.45, 7) is 6.57. The number of carbonyl (C=O) groups excluding carboxylic acids is 2. The van der Waals surface area contributed by atoms with Crippen molar-refractivity contribution >= 4 is 33.2 Å².